The van der Waals surface area contributed by atoms with Crippen LogP contribution in [-0.2, 0) is 14.3 Å². The molecule has 0 aromatic rings. The Morgan fingerprint density at radius 2 is 0.925 bits per heavy atom. The van der Waals surface area contributed by atoms with Gasteiger partial charge in [0.2, 0.25) is 5.91 Å². The summed E-state index contributed by atoms with van der Waals surface area (Å²) in [5.74, 6) is -0.177. The molecule has 6 N–H and O–H groups in total. The summed E-state index contributed by atoms with van der Waals surface area (Å²) in [5.41, 5.74) is 0. The summed E-state index contributed by atoms with van der Waals surface area (Å²) in [7, 11) is 0. The Morgan fingerprint density at radius 1 is 0.522 bits per heavy atom. The van der Waals surface area contributed by atoms with Crippen molar-refractivity contribution in [2.75, 3.05) is 13.2 Å². The number of hydrogen-bond donors (Lipinski definition) is 6. The van der Waals surface area contributed by atoms with Crippen LogP contribution < -0.4 is 5.32 Å². The molecular formula is C58H105NO8. The molecule has 7 atom stereocenters. The molecule has 1 fully saturated rings. The van der Waals surface area contributed by atoms with Gasteiger partial charge in [0, 0.05) is 6.42 Å². The number of ether oxygens (including phenoxy) is 2. The predicted octanol–water partition coefficient (Wildman–Crippen LogP) is 13.5. The van der Waals surface area contributed by atoms with Crippen molar-refractivity contribution in [1.82, 2.24) is 5.32 Å². The van der Waals surface area contributed by atoms with Crippen LogP contribution in [0.2, 0.25) is 0 Å². The third-order valence-corrected chi connectivity index (χ3v) is 13.1. The van der Waals surface area contributed by atoms with Crippen LogP contribution in [0.3, 0.4) is 0 Å². The summed E-state index contributed by atoms with van der Waals surface area (Å²) in [6, 6.07) is -0.805. The molecule has 0 spiro atoms. The van der Waals surface area contributed by atoms with Crippen LogP contribution in [0.5, 0.6) is 0 Å². The van der Waals surface area contributed by atoms with Gasteiger partial charge >= 0.3 is 0 Å². The van der Waals surface area contributed by atoms with Crippen LogP contribution in [0.25, 0.3) is 0 Å². The summed E-state index contributed by atoms with van der Waals surface area (Å²) >= 11 is 0. The van der Waals surface area contributed by atoms with Crippen molar-refractivity contribution in [2.24, 2.45) is 0 Å². The molecule has 1 aliphatic rings. The molecule has 1 saturated heterocycles. The van der Waals surface area contributed by atoms with Crippen molar-refractivity contribution in [3.8, 4) is 0 Å². The number of rotatable bonds is 47. The number of carbonyl (C=O) groups is 1. The number of aliphatic hydroxyl groups excluding tert-OH is 5. The quantitative estimate of drug-likeness (QED) is 0.0261. The molecule has 0 aromatic carbocycles. The van der Waals surface area contributed by atoms with Gasteiger partial charge in [0.15, 0.2) is 6.29 Å². The Morgan fingerprint density at radius 3 is 1.37 bits per heavy atom. The zero-order valence-corrected chi connectivity index (χ0v) is 43.1. The fourth-order valence-corrected chi connectivity index (χ4v) is 8.68. The second-order valence-electron chi connectivity index (χ2n) is 19.4. The van der Waals surface area contributed by atoms with Crippen LogP contribution in [0.1, 0.15) is 245 Å². The van der Waals surface area contributed by atoms with Gasteiger partial charge in [-0.05, 0) is 57.8 Å². The lowest BCUT2D eigenvalue weighted by molar-refractivity contribution is -0.302. The van der Waals surface area contributed by atoms with Crippen molar-refractivity contribution >= 4 is 5.91 Å². The Hall–Kier alpha value is -2.11. The summed E-state index contributed by atoms with van der Waals surface area (Å²) in [6.07, 6.45) is 57.1. The average molecular weight is 944 g/mol. The third kappa shape index (κ3) is 37.4. The van der Waals surface area contributed by atoms with E-state index in [0.29, 0.717) is 6.42 Å². The van der Waals surface area contributed by atoms with Crippen molar-refractivity contribution in [2.45, 2.75) is 288 Å². The lowest BCUT2D eigenvalue weighted by Crippen LogP contribution is -2.60. The van der Waals surface area contributed by atoms with Gasteiger partial charge in [0.1, 0.15) is 24.4 Å². The van der Waals surface area contributed by atoms with Gasteiger partial charge in [-0.25, -0.2) is 0 Å². The minimum atomic E-state index is -1.57. The molecule has 67 heavy (non-hydrogen) atoms. The zero-order chi connectivity index (χ0) is 48.7. The molecule has 0 saturated carbocycles. The molecule has 0 aromatic heterocycles. The Kier molecular flexibility index (Phi) is 44.7. The lowest BCUT2D eigenvalue weighted by Gasteiger charge is -2.40. The molecule has 9 heteroatoms. The number of aliphatic hydroxyl groups is 5. The van der Waals surface area contributed by atoms with Gasteiger partial charge in [-0.1, -0.05) is 242 Å². The molecule has 0 bridgehead atoms. The second kappa shape index (κ2) is 47.6. The van der Waals surface area contributed by atoms with Crippen LogP contribution >= 0.6 is 0 Å². The predicted molar refractivity (Wildman–Crippen MR) is 281 cm³/mol. The number of amides is 1. The van der Waals surface area contributed by atoms with E-state index in [2.05, 4.69) is 67.8 Å². The van der Waals surface area contributed by atoms with Gasteiger partial charge in [0.25, 0.3) is 0 Å². The van der Waals surface area contributed by atoms with E-state index < -0.39 is 49.5 Å². The largest absolute Gasteiger partial charge is 0.394 e. The van der Waals surface area contributed by atoms with E-state index in [0.717, 1.165) is 64.2 Å². The molecule has 7 unspecified atom stereocenters. The highest BCUT2D eigenvalue weighted by atomic mass is 16.7. The van der Waals surface area contributed by atoms with Gasteiger partial charge in [-0.3, -0.25) is 4.79 Å². The maximum Gasteiger partial charge on any atom is 0.220 e. The van der Waals surface area contributed by atoms with E-state index >= 15 is 0 Å². The van der Waals surface area contributed by atoms with E-state index in [4.69, 9.17) is 9.47 Å². The Labute approximate surface area is 411 Å². The fraction of sp³-hybridized carbons (Fsp3) is 0.810. The average Bonchev–Trinajstić information content (AvgIpc) is 3.33. The van der Waals surface area contributed by atoms with Crippen molar-refractivity contribution in [1.29, 1.82) is 0 Å². The molecule has 1 amide bonds. The number of hydrogen-bond acceptors (Lipinski definition) is 8. The smallest absolute Gasteiger partial charge is 0.220 e. The van der Waals surface area contributed by atoms with Crippen LogP contribution in [0, 0.1) is 0 Å². The molecule has 1 rings (SSSR count). The Balaban J connectivity index is 2.18. The normalized spacial score (nSPS) is 20.1. The minimum absolute atomic E-state index is 0.177. The number of allylic oxidation sites excluding steroid dienone is 9. The van der Waals surface area contributed by atoms with Crippen LogP contribution in [0.15, 0.2) is 60.8 Å². The van der Waals surface area contributed by atoms with E-state index in [9.17, 15) is 30.3 Å². The van der Waals surface area contributed by atoms with E-state index in [-0.39, 0.29) is 12.5 Å². The van der Waals surface area contributed by atoms with E-state index in [1.807, 2.05) is 6.08 Å². The fourth-order valence-electron chi connectivity index (χ4n) is 8.68. The van der Waals surface area contributed by atoms with Gasteiger partial charge in [0.05, 0.1) is 25.4 Å². The molecular weight excluding hydrogens is 839 g/mol. The second-order valence-corrected chi connectivity index (χ2v) is 19.4. The molecule has 1 aliphatic heterocycles. The first-order valence-corrected chi connectivity index (χ1v) is 28.0. The lowest BCUT2D eigenvalue weighted by atomic mass is 9.99. The molecule has 0 radical (unpaired) electrons. The maximum absolute atomic E-state index is 13.0. The summed E-state index contributed by atoms with van der Waals surface area (Å²) in [4.78, 5) is 13.0. The standard InChI is InChI=1S/C58H105NO8/c1-3-5-7-9-11-13-15-17-19-20-21-22-23-24-25-26-27-28-29-30-31-32-34-36-38-40-42-44-46-48-54(62)59-51(50-66-58-57(65)56(64)55(63)53(49-60)67-58)52(61)47-45-43-41-39-37-35-33-18-16-14-12-10-8-6-4-2/h5,7,11,13,17,19,21-22,45,47,51-53,55-58,60-61,63-65H,3-4,6,8-10,12,14-16,18,20,23-44,46,48-50H2,1-2H3,(H,59,62)/b7-5-,13-11-,19-17-,22-21-,47-45+. The molecule has 9 nitrogen and oxygen atoms in total. The first-order valence-electron chi connectivity index (χ1n) is 28.0. The van der Waals surface area contributed by atoms with Crippen molar-refractivity contribution in [3.63, 3.8) is 0 Å². The zero-order valence-electron chi connectivity index (χ0n) is 43.1. The van der Waals surface area contributed by atoms with Gasteiger partial charge in [-0.15, -0.1) is 0 Å². The van der Waals surface area contributed by atoms with E-state index in [1.54, 1.807) is 6.08 Å². The van der Waals surface area contributed by atoms with Crippen molar-refractivity contribution in [3.05, 3.63) is 60.8 Å². The maximum atomic E-state index is 13.0. The highest BCUT2D eigenvalue weighted by molar-refractivity contribution is 5.76. The topological polar surface area (TPSA) is 149 Å². The number of unbranched alkanes of at least 4 members (excludes halogenated alkanes) is 29. The number of carbonyl (C=O) groups excluding carboxylic acids is 1. The first-order chi connectivity index (χ1) is 32.8. The van der Waals surface area contributed by atoms with Crippen molar-refractivity contribution < 1.29 is 39.8 Å². The van der Waals surface area contributed by atoms with Crippen LogP contribution in [0.4, 0.5) is 0 Å². The molecule has 0 aliphatic carbocycles. The highest BCUT2D eigenvalue weighted by Crippen LogP contribution is 2.23. The van der Waals surface area contributed by atoms with E-state index in [1.165, 1.54) is 161 Å². The first kappa shape index (κ1) is 62.9. The van der Waals surface area contributed by atoms with Gasteiger partial charge in [-0.2, -0.15) is 0 Å². The number of nitrogens with one attached hydrogen (secondary N) is 1. The molecule has 1 heterocycles. The van der Waals surface area contributed by atoms with Crippen LogP contribution in [-0.4, -0.2) is 87.5 Å². The monoisotopic (exact) mass is 944 g/mol. The Bertz CT molecular complexity index is 1230. The minimum Gasteiger partial charge on any atom is -0.394 e. The summed E-state index contributed by atoms with van der Waals surface area (Å²) in [6.45, 7) is 3.67. The highest BCUT2D eigenvalue weighted by Gasteiger charge is 2.44. The summed E-state index contributed by atoms with van der Waals surface area (Å²) < 4.78 is 11.3. The third-order valence-electron chi connectivity index (χ3n) is 13.1. The SMILES string of the molecule is CC/C=C\C/C=C\C/C=C\C/C=C\CCCCCCCCCCCCCCCCCCC(=O)NC(COC1OC(CO)C(O)C(O)C1O)C(O)/C=C/CCCCCCCCCCCCCCC. The van der Waals surface area contributed by atoms with Gasteiger partial charge < -0.3 is 40.3 Å². The molecule has 390 valence electrons. The summed E-state index contributed by atoms with van der Waals surface area (Å²) in [5, 5.41) is 54.4.